The highest BCUT2D eigenvalue weighted by Gasteiger charge is 2.39. The summed E-state index contributed by atoms with van der Waals surface area (Å²) < 4.78 is 0. The lowest BCUT2D eigenvalue weighted by Crippen LogP contribution is -2.50. The molecular weight excluding hydrogens is 546 g/mol. The van der Waals surface area contributed by atoms with Crippen molar-refractivity contribution < 1.29 is 14.4 Å². The lowest BCUT2D eigenvalue weighted by atomic mass is 9.90. The van der Waals surface area contributed by atoms with Gasteiger partial charge in [0.25, 0.3) is 11.8 Å². The molecule has 232 valence electrons. The molecular formula is C38H47N3O3. The Morgan fingerprint density at radius 3 is 2.07 bits per heavy atom. The average Bonchev–Trinajstić information content (AvgIpc) is 3.40. The fourth-order valence-electron chi connectivity index (χ4n) is 6.22. The summed E-state index contributed by atoms with van der Waals surface area (Å²) in [5.41, 5.74) is 8.44. The van der Waals surface area contributed by atoms with Gasteiger partial charge in [0.1, 0.15) is 11.9 Å². The van der Waals surface area contributed by atoms with Crippen LogP contribution >= 0.6 is 0 Å². The third kappa shape index (κ3) is 6.69. The lowest BCUT2D eigenvalue weighted by Gasteiger charge is -2.32. The number of carbonyl (C=O) groups is 3. The molecule has 2 aromatic carbocycles. The largest absolute Gasteiger partial charge is 0.360 e. The van der Waals surface area contributed by atoms with Crippen LogP contribution in [-0.4, -0.2) is 52.4 Å². The van der Waals surface area contributed by atoms with Crippen LogP contribution in [0.1, 0.15) is 99.3 Å². The van der Waals surface area contributed by atoms with E-state index in [4.69, 9.17) is 4.99 Å². The van der Waals surface area contributed by atoms with Crippen molar-refractivity contribution in [2.45, 2.75) is 93.5 Å². The number of rotatable bonds is 11. The first kappa shape index (κ1) is 32.8. The van der Waals surface area contributed by atoms with E-state index in [1.54, 1.807) is 38.1 Å². The Hall–Kier alpha value is -4.06. The molecule has 2 amide bonds. The smallest absolute Gasteiger partial charge is 0.261 e. The van der Waals surface area contributed by atoms with Crippen molar-refractivity contribution in [2.24, 2.45) is 4.99 Å². The van der Waals surface area contributed by atoms with Crippen LogP contribution in [0.15, 0.2) is 75.8 Å². The summed E-state index contributed by atoms with van der Waals surface area (Å²) in [7, 11) is 0. The van der Waals surface area contributed by atoms with E-state index in [0.717, 1.165) is 77.5 Å². The molecule has 0 fully saturated rings. The Morgan fingerprint density at radius 1 is 0.909 bits per heavy atom. The number of carbonyl (C=O) groups excluding carboxylic acids is 3. The molecule has 1 atom stereocenters. The first-order valence-electron chi connectivity index (χ1n) is 16.0. The number of aryl methyl sites for hydroxylation is 3. The van der Waals surface area contributed by atoms with E-state index in [9.17, 15) is 14.4 Å². The maximum absolute atomic E-state index is 14.2. The first-order chi connectivity index (χ1) is 21.0. The summed E-state index contributed by atoms with van der Waals surface area (Å²) in [5.74, 6) is -0.107. The summed E-state index contributed by atoms with van der Waals surface area (Å²) in [6, 6.07) is 12.3. The second-order valence-corrected chi connectivity index (χ2v) is 12.2. The van der Waals surface area contributed by atoms with Gasteiger partial charge in [-0.05, 0) is 82.7 Å². The summed E-state index contributed by atoms with van der Waals surface area (Å²) in [4.78, 5) is 49.9. The number of aliphatic imine (C=N–C) groups is 1. The van der Waals surface area contributed by atoms with Crippen molar-refractivity contribution in [1.82, 2.24) is 9.80 Å². The van der Waals surface area contributed by atoms with Gasteiger partial charge < -0.3 is 4.90 Å². The quantitative estimate of drug-likeness (QED) is 0.151. The van der Waals surface area contributed by atoms with Crippen LogP contribution in [0.25, 0.3) is 5.70 Å². The van der Waals surface area contributed by atoms with Gasteiger partial charge in [-0.1, -0.05) is 74.7 Å². The van der Waals surface area contributed by atoms with Crippen molar-refractivity contribution in [3.05, 3.63) is 98.7 Å². The highest BCUT2D eigenvalue weighted by molar-refractivity contribution is 6.19. The van der Waals surface area contributed by atoms with Crippen LogP contribution in [0.5, 0.6) is 0 Å². The van der Waals surface area contributed by atoms with E-state index < -0.39 is 17.9 Å². The average molecular weight is 594 g/mol. The molecule has 2 aliphatic heterocycles. The summed E-state index contributed by atoms with van der Waals surface area (Å²) >= 11 is 0. The van der Waals surface area contributed by atoms with Crippen molar-refractivity contribution in [3.8, 4) is 0 Å². The highest BCUT2D eigenvalue weighted by atomic mass is 16.2. The minimum Gasteiger partial charge on any atom is -0.360 e. The second kappa shape index (κ2) is 14.1. The Bertz CT molecular complexity index is 1540. The molecule has 0 aromatic heterocycles. The van der Waals surface area contributed by atoms with E-state index in [1.807, 2.05) is 19.1 Å². The van der Waals surface area contributed by atoms with Gasteiger partial charge in [-0.3, -0.25) is 19.3 Å². The van der Waals surface area contributed by atoms with Gasteiger partial charge in [-0.15, -0.1) is 0 Å². The number of allylic oxidation sites excluding steroid dienone is 1. The first-order valence-corrected chi connectivity index (χ1v) is 16.0. The van der Waals surface area contributed by atoms with E-state index in [-0.39, 0.29) is 5.78 Å². The molecule has 44 heavy (non-hydrogen) atoms. The lowest BCUT2D eigenvalue weighted by molar-refractivity contribution is -0.142. The molecule has 1 unspecified atom stereocenters. The number of amidine groups is 1. The monoisotopic (exact) mass is 593 g/mol. The fourth-order valence-corrected chi connectivity index (χ4v) is 6.22. The molecule has 0 bridgehead atoms. The van der Waals surface area contributed by atoms with Gasteiger partial charge >= 0.3 is 0 Å². The maximum atomic E-state index is 14.2. The maximum Gasteiger partial charge on any atom is 0.261 e. The minimum atomic E-state index is -0.937. The molecule has 4 rings (SSSR count). The predicted octanol–water partition coefficient (Wildman–Crippen LogP) is 7.93. The molecule has 0 radical (unpaired) electrons. The summed E-state index contributed by atoms with van der Waals surface area (Å²) in [6.07, 6.45) is 6.91. The zero-order valence-corrected chi connectivity index (χ0v) is 27.7. The summed E-state index contributed by atoms with van der Waals surface area (Å²) in [6.45, 7) is 17.8. The standard InChI is InChI=1S/C38H47N3O3/c1-9-11-18-40(19-12-10-2)33-23-31(35(39-33)34-25(4)20-24(3)21-26(34)5)22-32-27(6)28(7)37(43)41(38(32)44)29(8)36(42)30-16-14-13-15-17-30/h13-17,20-22,29H,9-12,18-19,23H2,1-8H3/b32-22-. The predicted molar refractivity (Wildman–Crippen MR) is 180 cm³/mol. The van der Waals surface area contributed by atoms with Crippen molar-refractivity contribution in [2.75, 3.05) is 13.1 Å². The summed E-state index contributed by atoms with van der Waals surface area (Å²) in [5, 5.41) is 0. The van der Waals surface area contributed by atoms with Gasteiger partial charge in [0, 0.05) is 41.8 Å². The molecule has 2 aliphatic rings. The Labute approximate surface area is 263 Å². The zero-order valence-electron chi connectivity index (χ0n) is 27.7. The van der Waals surface area contributed by atoms with E-state index in [2.05, 4.69) is 51.7 Å². The number of hydrogen-bond donors (Lipinski definition) is 0. The van der Waals surface area contributed by atoms with Gasteiger partial charge in [-0.2, -0.15) is 0 Å². The topological polar surface area (TPSA) is 70.1 Å². The number of amides is 2. The number of ketones is 1. The van der Waals surface area contributed by atoms with E-state index >= 15 is 0 Å². The molecule has 2 heterocycles. The van der Waals surface area contributed by atoms with Gasteiger partial charge in [0.2, 0.25) is 0 Å². The Kier molecular flexibility index (Phi) is 10.6. The van der Waals surface area contributed by atoms with Crippen LogP contribution in [0.3, 0.4) is 0 Å². The SMILES string of the molecule is CCCCN(CCCC)C1=NC(c2c(C)cc(C)cc2C)=C(/C=C2\C(=O)N(C(C)C(=O)c3ccccc3)C(=O)C(C)=C2C)C1. The highest BCUT2D eigenvalue weighted by Crippen LogP contribution is 2.37. The molecule has 0 spiro atoms. The number of Topliss-reactive ketones (excluding diaryl/α,β-unsaturated/α-hetero) is 1. The molecule has 0 saturated heterocycles. The van der Waals surface area contributed by atoms with Crippen LogP contribution in [0.4, 0.5) is 0 Å². The molecule has 0 aliphatic carbocycles. The molecule has 0 saturated carbocycles. The second-order valence-electron chi connectivity index (χ2n) is 12.2. The normalized spacial score (nSPS) is 17.1. The number of hydrogen-bond acceptors (Lipinski definition) is 5. The van der Waals surface area contributed by atoms with Gasteiger partial charge in [-0.25, -0.2) is 4.99 Å². The molecule has 0 N–H and O–H groups in total. The third-order valence-corrected chi connectivity index (χ3v) is 8.83. The van der Waals surface area contributed by atoms with Crippen LogP contribution < -0.4 is 0 Å². The number of benzene rings is 2. The van der Waals surface area contributed by atoms with Crippen molar-refractivity contribution in [1.29, 1.82) is 0 Å². The Morgan fingerprint density at radius 2 is 1.50 bits per heavy atom. The number of unbranched alkanes of at least 4 members (excludes halogenated alkanes) is 2. The minimum absolute atomic E-state index is 0.265. The zero-order chi connectivity index (χ0) is 32.1. The van der Waals surface area contributed by atoms with Crippen LogP contribution in [0.2, 0.25) is 0 Å². The van der Waals surface area contributed by atoms with Crippen molar-refractivity contribution in [3.63, 3.8) is 0 Å². The third-order valence-electron chi connectivity index (χ3n) is 8.83. The molecule has 2 aromatic rings. The van der Waals surface area contributed by atoms with Gasteiger partial charge in [0.05, 0.1) is 5.70 Å². The van der Waals surface area contributed by atoms with E-state index in [1.165, 1.54) is 5.56 Å². The van der Waals surface area contributed by atoms with Crippen molar-refractivity contribution >= 4 is 29.1 Å². The Balaban J connectivity index is 1.83. The van der Waals surface area contributed by atoms with Gasteiger partial charge in [0.15, 0.2) is 5.78 Å². The van der Waals surface area contributed by atoms with Crippen LogP contribution in [0, 0.1) is 20.8 Å². The number of imide groups is 1. The van der Waals surface area contributed by atoms with Crippen LogP contribution in [-0.2, 0) is 9.59 Å². The molecule has 6 nitrogen and oxygen atoms in total. The fraction of sp³-hybridized carbons (Fsp3) is 0.421. The van der Waals surface area contributed by atoms with E-state index in [0.29, 0.717) is 28.7 Å². The number of nitrogens with zero attached hydrogens (tertiary/aromatic N) is 3. The molecule has 6 heteroatoms.